The van der Waals surface area contributed by atoms with Crippen LogP contribution >= 0.6 is 15.6 Å². The third-order valence-corrected chi connectivity index (χ3v) is 11.3. The van der Waals surface area contributed by atoms with Crippen LogP contribution in [0, 0.1) is 11.8 Å². The first-order valence-electron chi connectivity index (χ1n) is 21.8. The molecule has 0 bridgehead atoms. The van der Waals surface area contributed by atoms with E-state index in [9.17, 15) is 43.7 Å². The van der Waals surface area contributed by atoms with Crippen LogP contribution in [0.1, 0.15) is 149 Å². The number of ketones is 1. The summed E-state index contributed by atoms with van der Waals surface area (Å²) < 4.78 is 47.7. The summed E-state index contributed by atoms with van der Waals surface area (Å²) in [5, 5.41) is 30.4. The Hall–Kier alpha value is -2.07. The number of phosphoric acid groups is 2. The standard InChI is InChI=1S/C42H74O16P2/c1-3-5-7-8-9-10-11-12-13-14-15-16-21-25-41(47)54-32-36(33-57-60(52,53)56-31-35(44)30-55-59(49,50)51)58-42(48)26-22-18-17-20-24-37-38(40(46)29-39(37)45)28-27-34(43)23-19-6-4-2/h10-11,17,20,27-28,34-38,40,43-44,46H,3-9,12-16,18-19,21-26,29-33H2,1-2H3,(H,52,53)(H2,49,50,51)/b11-10-,20-17-,28-27+/t34-,35-,36+,37+,38+,40+/m0/s1. The van der Waals surface area contributed by atoms with E-state index in [0.29, 0.717) is 32.1 Å². The van der Waals surface area contributed by atoms with Crippen molar-refractivity contribution in [2.45, 2.75) is 173 Å². The average Bonchev–Trinajstić information content (AvgIpc) is 3.46. The number of unbranched alkanes of at least 4 members (excludes halogenated alkanes) is 12. The van der Waals surface area contributed by atoms with E-state index >= 15 is 0 Å². The predicted octanol–water partition coefficient (Wildman–Crippen LogP) is 7.48. The van der Waals surface area contributed by atoms with E-state index in [0.717, 1.165) is 57.8 Å². The molecule has 0 heterocycles. The number of hydrogen-bond donors (Lipinski definition) is 6. The highest BCUT2D eigenvalue weighted by Gasteiger charge is 2.39. The molecule has 0 aromatic rings. The van der Waals surface area contributed by atoms with Crippen LogP contribution in [0.15, 0.2) is 36.5 Å². The van der Waals surface area contributed by atoms with Gasteiger partial charge in [0.25, 0.3) is 0 Å². The molecule has 1 unspecified atom stereocenters. The molecule has 0 aliphatic heterocycles. The first-order valence-corrected chi connectivity index (χ1v) is 24.8. The minimum atomic E-state index is -4.90. The maximum Gasteiger partial charge on any atom is 0.472 e. The monoisotopic (exact) mass is 896 g/mol. The highest BCUT2D eigenvalue weighted by atomic mass is 31.2. The fourth-order valence-electron chi connectivity index (χ4n) is 6.44. The van der Waals surface area contributed by atoms with Gasteiger partial charge in [0.2, 0.25) is 0 Å². The van der Waals surface area contributed by atoms with Gasteiger partial charge in [-0.05, 0) is 57.8 Å². The molecule has 0 amide bonds. The van der Waals surface area contributed by atoms with Crippen molar-refractivity contribution in [2.75, 3.05) is 26.4 Å². The number of carbonyl (C=O) groups is 3. The van der Waals surface area contributed by atoms with E-state index in [-0.39, 0.29) is 25.0 Å². The number of hydrogen-bond acceptors (Lipinski definition) is 13. The molecule has 7 atom stereocenters. The Bertz CT molecular complexity index is 1360. The van der Waals surface area contributed by atoms with E-state index in [1.54, 1.807) is 12.2 Å². The van der Waals surface area contributed by atoms with Crippen LogP contribution in [0.2, 0.25) is 0 Å². The molecule has 0 saturated heterocycles. The van der Waals surface area contributed by atoms with Gasteiger partial charge >= 0.3 is 27.6 Å². The number of allylic oxidation sites excluding steroid dienone is 4. The van der Waals surface area contributed by atoms with Gasteiger partial charge < -0.3 is 39.5 Å². The molecule has 1 saturated carbocycles. The van der Waals surface area contributed by atoms with Crippen molar-refractivity contribution in [1.29, 1.82) is 0 Å². The van der Waals surface area contributed by atoms with Crippen LogP contribution in [-0.4, -0.2) is 98.6 Å². The van der Waals surface area contributed by atoms with Crippen molar-refractivity contribution in [3.05, 3.63) is 36.5 Å². The van der Waals surface area contributed by atoms with Crippen LogP contribution in [0.25, 0.3) is 0 Å². The zero-order valence-corrected chi connectivity index (χ0v) is 37.6. The lowest BCUT2D eigenvalue weighted by Crippen LogP contribution is -2.29. The molecular formula is C42H74O16P2. The predicted molar refractivity (Wildman–Crippen MR) is 226 cm³/mol. The van der Waals surface area contributed by atoms with Gasteiger partial charge in [0.1, 0.15) is 18.5 Å². The number of aliphatic hydroxyl groups is 3. The van der Waals surface area contributed by atoms with Crippen molar-refractivity contribution in [3.63, 3.8) is 0 Å². The SMILES string of the molecule is CCCCCC/C=C\CCCCCCCC(=O)OC[C@H](COP(=O)(O)OC[C@@H](O)COP(=O)(O)O)OC(=O)CCC/C=C\C[C@H]1C(=O)C[C@@H](O)[C@@H]1/C=C/[C@@H](O)CCCCC. The smallest absolute Gasteiger partial charge is 0.462 e. The van der Waals surface area contributed by atoms with Gasteiger partial charge in [0.15, 0.2) is 6.10 Å². The van der Waals surface area contributed by atoms with Gasteiger partial charge in [0, 0.05) is 31.1 Å². The van der Waals surface area contributed by atoms with Crippen molar-refractivity contribution in [3.8, 4) is 0 Å². The van der Waals surface area contributed by atoms with Gasteiger partial charge in [-0.3, -0.25) is 28.0 Å². The number of esters is 2. The zero-order chi connectivity index (χ0) is 44.7. The highest BCUT2D eigenvalue weighted by Crippen LogP contribution is 2.44. The summed E-state index contributed by atoms with van der Waals surface area (Å²) in [5.74, 6) is -2.11. The van der Waals surface area contributed by atoms with Crippen molar-refractivity contribution in [1.82, 2.24) is 0 Å². The number of aliphatic hydroxyl groups excluding tert-OH is 3. The number of phosphoric ester groups is 2. The third-order valence-electron chi connectivity index (χ3n) is 9.86. The zero-order valence-electron chi connectivity index (χ0n) is 35.8. The fourth-order valence-corrected chi connectivity index (χ4v) is 7.60. The van der Waals surface area contributed by atoms with Crippen LogP contribution in [0.4, 0.5) is 0 Å². The molecule has 1 aliphatic rings. The molecule has 0 radical (unpaired) electrons. The van der Waals surface area contributed by atoms with E-state index in [1.807, 2.05) is 12.2 Å². The van der Waals surface area contributed by atoms with E-state index < -0.39 is 90.3 Å². The fraction of sp³-hybridized carbons (Fsp3) is 0.786. The quantitative estimate of drug-likeness (QED) is 0.0153. The van der Waals surface area contributed by atoms with Crippen LogP contribution < -0.4 is 0 Å². The topological polar surface area (TPSA) is 253 Å². The third kappa shape index (κ3) is 30.1. The number of rotatable bonds is 37. The first kappa shape index (κ1) is 55.9. The number of Topliss-reactive ketones (excluding diaryl/α,β-unsaturated/α-hetero) is 1. The van der Waals surface area contributed by atoms with Crippen LogP contribution in [-0.2, 0) is 46.6 Å². The molecule has 60 heavy (non-hydrogen) atoms. The molecular weight excluding hydrogens is 822 g/mol. The van der Waals surface area contributed by atoms with Gasteiger partial charge in [-0.2, -0.15) is 0 Å². The normalized spacial score (nSPS) is 19.9. The van der Waals surface area contributed by atoms with Gasteiger partial charge in [-0.15, -0.1) is 0 Å². The molecule has 1 aliphatic carbocycles. The van der Waals surface area contributed by atoms with E-state index in [1.165, 1.54) is 25.7 Å². The largest absolute Gasteiger partial charge is 0.472 e. The molecule has 0 spiro atoms. The number of ether oxygens (including phenoxy) is 2. The Morgan fingerprint density at radius 3 is 1.97 bits per heavy atom. The van der Waals surface area contributed by atoms with Crippen molar-refractivity contribution in [2.24, 2.45) is 11.8 Å². The lowest BCUT2D eigenvalue weighted by Gasteiger charge is -2.20. The first-order chi connectivity index (χ1) is 28.6. The molecule has 6 N–H and O–H groups in total. The Morgan fingerprint density at radius 1 is 0.717 bits per heavy atom. The molecule has 1 fully saturated rings. The van der Waals surface area contributed by atoms with Crippen molar-refractivity contribution < 1.29 is 76.6 Å². The summed E-state index contributed by atoms with van der Waals surface area (Å²) in [4.78, 5) is 65.4. The van der Waals surface area contributed by atoms with E-state index in [2.05, 4.69) is 35.0 Å². The minimum absolute atomic E-state index is 0.0510. The molecule has 0 aromatic carbocycles. The summed E-state index contributed by atoms with van der Waals surface area (Å²) in [7, 11) is -9.78. The lowest BCUT2D eigenvalue weighted by atomic mass is 9.90. The average molecular weight is 897 g/mol. The highest BCUT2D eigenvalue weighted by molar-refractivity contribution is 7.47. The van der Waals surface area contributed by atoms with Crippen molar-refractivity contribution >= 4 is 33.4 Å². The maximum absolute atomic E-state index is 12.8. The lowest BCUT2D eigenvalue weighted by molar-refractivity contribution is -0.161. The second-order valence-corrected chi connectivity index (χ2v) is 18.1. The molecule has 0 aromatic heterocycles. The second-order valence-electron chi connectivity index (χ2n) is 15.4. The van der Waals surface area contributed by atoms with Crippen LogP contribution in [0.5, 0.6) is 0 Å². The number of carbonyl (C=O) groups excluding carboxylic acids is 3. The Labute approximate surface area is 357 Å². The summed E-state index contributed by atoms with van der Waals surface area (Å²) in [6, 6.07) is 0. The van der Waals surface area contributed by atoms with Gasteiger partial charge in [0.05, 0.1) is 32.0 Å². The Balaban J connectivity index is 2.61. The second kappa shape index (κ2) is 33.5. The molecule has 16 nitrogen and oxygen atoms in total. The molecule has 18 heteroatoms. The Morgan fingerprint density at radius 2 is 1.28 bits per heavy atom. The Kier molecular flexibility index (Phi) is 31.2. The molecule has 1 rings (SSSR count). The molecule has 348 valence electrons. The van der Waals surface area contributed by atoms with E-state index in [4.69, 9.17) is 23.8 Å². The van der Waals surface area contributed by atoms with Gasteiger partial charge in [-0.25, -0.2) is 9.13 Å². The summed E-state index contributed by atoms with van der Waals surface area (Å²) in [6.07, 6.45) is 23.7. The summed E-state index contributed by atoms with van der Waals surface area (Å²) in [6.45, 7) is 1.31. The summed E-state index contributed by atoms with van der Waals surface area (Å²) >= 11 is 0. The maximum atomic E-state index is 12.8. The summed E-state index contributed by atoms with van der Waals surface area (Å²) in [5.41, 5.74) is 0. The minimum Gasteiger partial charge on any atom is -0.462 e. The van der Waals surface area contributed by atoms with Gasteiger partial charge in [-0.1, -0.05) is 108 Å². The van der Waals surface area contributed by atoms with Crippen LogP contribution in [0.3, 0.4) is 0 Å².